The molecule has 0 saturated carbocycles. The Morgan fingerprint density at radius 2 is 2.17 bits per heavy atom. The summed E-state index contributed by atoms with van der Waals surface area (Å²) >= 11 is 0. The number of nitrogens with zero attached hydrogens (tertiary/aromatic N) is 1. The Labute approximate surface area is 109 Å². The molecule has 0 radical (unpaired) electrons. The molecule has 1 atom stereocenters. The fraction of sp³-hybridized carbons (Fsp3) is 0.400. The molecular weight excluding hydrogens is 224 g/mol. The highest BCUT2D eigenvalue weighted by Crippen LogP contribution is 2.15. The second-order valence-corrected chi connectivity index (χ2v) is 4.29. The summed E-state index contributed by atoms with van der Waals surface area (Å²) in [5, 5.41) is 12.2. The molecule has 3 nitrogen and oxygen atoms in total. The Balaban J connectivity index is 2.36. The van der Waals surface area contributed by atoms with E-state index < -0.39 is 0 Å². The summed E-state index contributed by atoms with van der Waals surface area (Å²) < 4.78 is 5.41. The molecule has 0 spiro atoms. The fourth-order valence-corrected chi connectivity index (χ4v) is 1.64. The van der Waals surface area contributed by atoms with Gasteiger partial charge in [-0.05, 0) is 12.5 Å². The summed E-state index contributed by atoms with van der Waals surface area (Å²) in [6, 6.07) is 12.3. The van der Waals surface area contributed by atoms with Crippen LogP contribution in [-0.2, 0) is 4.74 Å². The molecule has 1 aromatic rings. The Bertz CT molecular complexity index is 395. The lowest BCUT2D eigenvalue weighted by molar-refractivity contribution is 0.155. The van der Waals surface area contributed by atoms with Gasteiger partial charge in [-0.2, -0.15) is 5.26 Å². The van der Waals surface area contributed by atoms with Crippen LogP contribution in [0.1, 0.15) is 24.9 Å². The van der Waals surface area contributed by atoms with E-state index in [0.29, 0.717) is 19.6 Å². The Kier molecular flexibility index (Phi) is 6.78. The van der Waals surface area contributed by atoms with Gasteiger partial charge in [-0.3, -0.25) is 0 Å². The molecule has 18 heavy (non-hydrogen) atoms. The molecule has 0 fully saturated rings. The molecule has 1 aromatic carbocycles. The highest BCUT2D eigenvalue weighted by atomic mass is 16.5. The second-order valence-electron chi connectivity index (χ2n) is 4.29. The predicted octanol–water partition coefficient (Wildman–Crippen LogP) is 2.82. The number of hydrogen-bond donors (Lipinski definition) is 1. The third-order valence-corrected chi connectivity index (χ3v) is 2.48. The van der Waals surface area contributed by atoms with Crippen molar-refractivity contribution in [1.29, 1.82) is 5.26 Å². The van der Waals surface area contributed by atoms with Crippen molar-refractivity contribution < 1.29 is 4.74 Å². The monoisotopic (exact) mass is 244 g/mol. The highest BCUT2D eigenvalue weighted by molar-refractivity contribution is 5.19. The summed E-state index contributed by atoms with van der Waals surface area (Å²) in [4.78, 5) is 0. The lowest BCUT2D eigenvalue weighted by Crippen LogP contribution is -2.25. The summed E-state index contributed by atoms with van der Waals surface area (Å²) in [7, 11) is 0. The Morgan fingerprint density at radius 1 is 1.44 bits per heavy atom. The molecule has 96 valence electrons. The third kappa shape index (κ3) is 5.62. The largest absolute Gasteiger partial charge is 0.376 e. The normalized spacial score (nSPS) is 11.8. The van der Waals surface area contributed by atoms with Crippen molar-refractivity contribution in [3.8, 4) is 6.07 Å². The topological polar surface area (TPSA) is 45.0 Å². The standard InChI is InChI=1S/C15H20N2O/c1-13(2)12-18-11-10-17-15(8-9-16)14-6-4-3-5-7-14/h3-7,15,17H,1,8,10-12H2,2H3. The number of nitriles is 1. The van der Waals surface area contributed by atoms with Crippen LogP contribution < -0.4 is 5.32 Å². The maximum Gasteiger partial charge on any atom is 0.0672 e. The average molecular weight is 244 g/mol. The molecule has 0 aliphatic rings. The minimum Gasteiger partial charge on any atom is -0.376 e. The quantitative estimate of drug-likeness (QED) is 0.565. The van der Waals surface area contributed by atoms with Crippen LogP contribution in [0.4, 0.5) is 0 Å². The van der Waals surface area contributed by atoms with E-state index in [2.05, 4.69) is 18.0 Å². The van der Waals surface area contributed by atoms with Crippen molar-refractivity contribution in [3.05, 3.63) is 48.0 Å². The van der Waals surface area contributed by atoms with Crippen LogP contribution in [-0.4, -0.2) is 19.8 Å². The van der Waals surface area contributed by atoms with E-state index in [0.717, 1.165) is 17.7 Å². The summed E-state index contributed by atoms with van der Waals surface area (Å²) in [6.07, 6.45) is 0.463. The van der Waals surface area contributed by atoms with E-state index in [4.69, 9.17) is 10.00 Å². The average Bonchev–Trinajstić information content (AvgIpc) is 2.38. The van der Waals surface area contributed by atoms with E-state index in [1.54, 1.807) is 0 Å². The van der Waals surface area contributed by atoms with Crippen LogP contribution in [0.3, 0.4) is 0 Å². The SMILES string of the molecule is C=C(C)COCCNC(CC#N)c1ccccc1. The van der Waals surface area contributed by atoms with Gasteiger partial charge in [-0.25, -0.2) is 0 Å². The molecule has 0 heterocycles. The maximum absolute atomic E-state index is 8.84. The van der Waals surface area contributed by atoms with E-state index in [1.807, 2.05) is 37.3 Å². The number of nitrogens with one attached hydrogen (secondary N) is 1. The number of benzene rings is 1. The molecule has 1 N–H and O–H groups in total. The zero-order valence-corrected chi connectivity index (χ0v) is 10.9. The van der Waals surface area contributed by atoms with Gasteiger partial charge in [0.05, 0.1) is 25.7 Å². The van der Waals surface area contributed by atoms with Gasteiger partial charge in [0.25, 0.3) is 0 Å². The molecule has 0 aliphatic heterocycles. The molecule has 1 rings (SSSR count). The van der Waals surface area contributed by atoms with Crippen molar-refractivity contribution in [2.75, 3.05) is 19.8 Å². The first kappa shape index (κ1) is 14.4. The number of hydrogen-bond acceptors (Lipinski definition) is 3. The van der Waals surface area contributed by atoms with Gasteiger partial charge in [0, 0.05) is 12.6 Å². The first-order valence-corrected chi connectivity index (χ1v) is 6.11. The van der Waals surface area contributed by atoms with Crippen molar-refractivity contribution >= 4 is 0 Å². The van der Waals surface area contributed by atoms with Crippen LogP contribution in [0.15, 0.2) is 42.5 Å². The van der Waals surface area contributed by atoms with Crippen LogP contribution in [0.2, 0.25) is 0 Å². The first-order valence-electron chi connectivity index (χ1n) is 6.11. The van der Waals surface area contributed by atoms with Gasteiger partial charge in [-0.1, -0.05) is 42.5 Å². The summed E-state index contributed by atoms with van der Waals surface area (Å²) in [5.74, 6) is 0. The fourth-order valence-electron chi connectivity index (χ4n) is 1.64. The van der Waals surface area contributed by atoms with Crippen LogP contribution in [0.5, 0.6) is 0 Å². The molecule has 1 unspecified atom stereocenters. The van der Waals surface area contributed by atoms with Crippen LogP contribution in [0, 0.1) is 11.3 Å². The minimum atomic E-state index is 0.0737. The van der Waals surface area contributed by atoms with Gasteiger partial charge < -0.3 is 10.1 Å². The van der Waals surface area contributed by atoms with Crippen molar-refractivity contribution in [1.82, 2.24) is 5.32 Å². The summed E-state index contributed by atoms with van der Waals surface area (Å²) in [6.45, 7) is 7.67. The van der Waals surface area contributed by atoms with E-state index >= 15 is 0 Å². The molecule has 0 aromatic heterocycles. The molecular formula is C15H20N2O. The zero-order chi connectivity index (χ0) is 13.2. The predicted molar refractivity (Wildman–Crippen MR) is 73.0 cm³/mol. The lowest BCUT2D eigenvalue weighted by atomic mass is 10.0. The van der Waals surface area contributed by atoms with Gasteiger partial charge in [0.15, 0.2) is 0 Å². The van der Waals surface area contributed by atoms with Crippen LogP contribution in [0.25, 0.3) is 0 Å². The molecule has 3 heteroatoms. The second kappa shape index (κ2) is 8.46. The zero-order valence-electron chi connectivity index (χ0n) is 10.9. The molecule has 0 saturated heterocycles. The Hall–Kier alpha value is -1.63. The molecule has 0 bridgehead atoms. The van der Waals surface area contributed by atoms with Gasteiger partial charge in [0.1, 0.15) is 0 Å². The van der Waals surface area contributed by atoms with E-state index in [-0.39, 0.29) is 6.04 Å². The first-order chi connectivity index (χ1) is 8.74. The van der Waals surface area contributed by atoms with Gasteiger partial charge in [0.2, 0.25) is 0 Å². The molecule has 0 amide bonds. The Morgan fingerprint density at radius 3 is 2.78 bits per heavy atom. The highest BCUT2D eigenvalue weighted by Gasteiger charge is 2.09. The smallest absolute Gasteiger partial charge is 0.0672 e. The van der Waals surface area contributed by atoms with Crippen molar-refractivity contribution in [3.63, 3.8) is 0 Å². The number of ether oxygens (including phenoxy) is 1. The van der Waals surface area contributed by atoms with Crippen molar-refractivity contribution in [2.24, 2.45) is 0 Å². The third-order valence-electron chi connectivity index (χ3n) is 2.48. The summed E-state index contributed by atoms with van der Waals surface area (Å²) in [5.41, 5.74) is 2.16. The van der Waals surface area contributed by atoms with E-state index in [9.17, 15) is 0 Å². The van der Waals surface area contributed by atoms with Crippen molar-refractivity contribution in [2.45, 2.75) is 19.4 Å². The van der Waals surface area contributed by atoms with E-state index in [1.165, 1.54) is 0 Å². The maximum atomic E-state index is 8.84. The minimum absolute atomic E-state index is 0.0737. The molecule has 0 aliphatic carbocycles. The van der Waals surface area contributed by atoms with Crippen LogP contribution >= 0.6 is 0 Å². The van der Waals surface area contributed by atoms with Gasteiger partial charge in [-0.15, -0.1) is 0 Å². The number of rotatable bonds is 8. The lowest BCUT2D eigenvalue weighted by Gasteiger charge is -2.16. The van der Waals surface area contributed by atoms with Gasteiger partial charge >= 0.3 is 0 Å².